The number of ketones is 1. The van der Waals surface area contributed by atoms with E-state index in [-0.39, 0.29) is 17.2 Å². The minimum atomic E-state index is -0.747. The van der Waals surface area contributed by atoms with Crippen molar-refractivity contribution in [3.63, 3.8) is 0 Å². The van der Waals surface area contributed by atoms with E-state index < -0.39 is 11.6 Å². The van der Waals surface area contributed by atoms with E-state index in [9.17, 15) is 18.0 Å². The molecule has 0 aliphatic rings. The van der Waals surface area contributed by atoms with Gasteiger partial charge in [0.2, 0.25) is 0 Å². The lowest BCUT2D eigenvalue weighted by atomic mass is 10.1. The molecule has 0 aliphatic heterocycles. The van der Waals surface area contributed by atoms with E-state index in [0.29, 0.717) is 16.9 Å². The third-order valence-corrected chi connectivity index (χ3v) is 3.72. The first-order valence-electron chi connectivity index (χ1n) is 7.44. The third kappa shape index (κ3) is 3.52. The first-order valence-corrected chi connectivity index (χ1v) is 7.44. The number of hydrogen-bond acceptors (Lipinski definition) is 2. The topological polar surface area (TPSA) is 34.9 Å². The molecule has 3 aromatic rings. The molecule has 0 fully saturated rings. The quantitative estimate of drug-likeness (QED) is 0.517. The molecule has 0 aliphatic carbocycles. The molecule has 2 aromatic carbocycles. The van der Waals surface area contributed by atoms with Crippen LogP contribution in [0.15, 0.2) is 54.7 Å². The number of halogens is 3. The van der Waals surface area contributed by atoms with Crippen LogP contribution in [-0.2, 0) is 0 Å². The van der Waals surface area contributed by atoms with Gasteiger partial charge in [-0.2, -0.15) is 5.10 Å². The van der Waals surface area contributed by atoms with Gasteiger partial charge in [-0.3, -0.25) is 4.79 Å². The predicted molar refractivity (Wildman–Crippen MR) is 88.0 cm³/mol. The summed E-state index contributed by atoms with van der Waals surface area (Å²) < 4.78 is 41.0. The number of carbonyl (C=O) groups is 1. The minimum absolute atomic E-state index is 0.110. The number of benzene rings is 2. The second-order valence-corrected chi connectivity index (χ2v) is 5.40. The number of hydrogen-bond donors (Lipinski definition) is 0. The fourth-order valence-electron chi connectivity index (χ4n) is 2.39. The molecule has 0 saturated heterocycles. The highest BCUT2D eigenvalue weighted by Crippen LogP contribution is 2.17. The van der Waals surface area contributed by atoms with Gasteiger partial charge in [-0.25, -0.2) is 17.9 Å². The van der Waals surface area contributed by atoms with Crippen LogP contribution >= 0.6 is 0 Å². The minimum Gasteiger partial charge on any atom is -0.289 e. The Balaban J connectivity index is 1.86. The monoisotopic (exact) mass is 342 g/mol. The molecule has 0 unspecified atom stereocenters. The van der Waals surface area contributed by atoms with Crippen molar-refractivity contribution in [2.24, 2.45) is 0 Å². The van der Waals surface area contributed by atoms with Crippen molar-refractivity contribution in [2.75, 3.05) is 0 Å². The largest absolute Gasteiger partial charge is 0.289 e. The molecule has 25 heavy (non-hydrogen) atoms. The van der Waals surface area contributed by atoms with Crippen LogP contribution in [0.25, 0.3) is 11.8 Å². The fraction of sp³-hybridized carbons (Fsp3) is 0.0526. The Morgan fingerprint density at radius 1 is 1.04 bits per heavy atom. The lowest BCUT2D eigenvalue weighted by Gasteiger charge is -2.04. The summed E-state index contributed by atoms with van der Waals surface area (Å²) in [4.78, 5) is 12.3. The molecule has 3 rings (SSSR count). The maximum absolute atomic E-state index is 13.6. The standard InChI is InChI=1S/C19H13F3N2O/c1-12-17(11-23-24(12)16-7-5-14(20)6-8-16)19(25)9-3-13-2-4-15(21)10-18(13)22/h2-11H,1H3. The highest BCUT2D eigenvalue weighted by molar-refractivity contribution is 6.07. The molecular weight excluding hydrogens is 329 g/mol. The molecule has 1 heterocycles. The maximum atomic E-state index is 13.6. The number of nitrogens with zero attached hydrogens (tertiary/aromatic N) is 2. The first-order chi connectivity index (χ1) is 12.0. The Morgan fingerprint density at radius 3 is 2.40 bits per heavy atom. The second kappa shape index (κ2) is 6.76. The van der Waals surface area contributed by atoms with E-state index in [1.807, 2.05) is 0 Å². The van der Waals surface area contributed by atoms with E-state index in [1.165, 1.54) is 41.2 Å². The Kier molecular flexibility index (Phi) is 4.52. The van der Waals surface area contributed by atoms with Crippen molar-refractivity contribution in [2.45, 2.75) is 6.92 Å². The molecule has 0 bridgehead atoms. The van der Waals surface area contributed by atoms with E-state index in [1.54, 1.807) is 19.1 Å². The smallest absolute Gasteiger partial charge is 0.189 e. The van der Waals surface area contributed by atoms with Gasteiger partial charge in [0.1, 0.15) is 17.5 Å². The maximum Gasteiger partial charge on any atom is 0.189 e. The summed E-state index contributed by atoms with van der Waals surface area (Å²) in [7, 11) is 0. The highest BCUT2D eigenvalue weighted by atomic mass is 19.1. The van der Waals surface area contributed by atoms with Crippen molar-refractivity contribution in [1.82, 2.24) is 9.78 Å². The average molecular weight is 342 g/mol. The van der Waals surface area contributed by atoms with Gasteiger partial charge in [0.15, 0.2) is 5.78 Å². The van der Waals surface area contributed by atoms with Gasteiger partial charge in [0.05, 0.1) is 23.1 Å². The Morgan fingerprint density at radius 2 is 1.72 bits per heavy atom. The zero-order chi connectivity index (χ0) is 18.0. The van der Waals surface area contributed by atoms with Gasteiger partial charge in [-0.05, 0) is 55.5 Å². The Labute approximate surface area is 142 Å². The molecule has 0 amide bonds. The SMILES string of the molecule is Cc1c(C(=O)C=Cc2ccc(F)cc2F)cnn1-c1ccc(F)cc1. The van der Waals surface area contributed by atoms with Gasteiger partial charge in [0.25, 0.3) is 0 Å². The van der Waals surface area contributed by atoms with Crippen molar-refractivity contribution >= 4 is 11.9 Å². The number of carbonyl (C=O) groups excluding carboxylic acids is 1. The van der Waals surface area contributed by atoms with Crippen molar-refractivity contribution in [1.29, 1.82) is 0 Å². The molecule has 0 atom stereocenters. The van der Waals surface area contributed by atoms with Crippen LogP contribution in [0.3, 0.4) is 0 Å². The predicted octanol–water partition coefficient (Wildman–Crippen LogP) is 4.49. The number of allylic oxidation sites excluding steroid dienone is 1. The van der Waals surface area contributed by atoms with Gasteiger partial charge >= 0.3 is 0 Å². The Bertz CT molecular complexity index is 959. The van der Waals surface area contributed by atoms with Crippen molar-refractivity contribution < 1.29 is 18.0 Å². The third-order valence-electron chi connectivity index (χ3n) is 3.72. The van der Waals surface area contributed by atoms with Gasteiger partial charge in [0, 0.05) is 11.6 Å². The molecule has 0 N–H and O–H groups in total. The van der Waals surface area contributed by atoms with E-state index in [2.05, 4.69) is 5.10 Å². The first kappa shape index (κ1) is 16.7. The van der Waals surface area contributed by atoms with Crippen molar-refractivity contribution in [3.8, 4) is 5.69 Å². The molecule has 6 heteroatoms. The van der Waals surface area contributed by atoms with Crippen LogP contribution in [0.5, 0.6) is 0 Å². The summed E-state index contributed by atoms with van der Waals surface area (Å²) in [6, 6.07) is 8.82. The Hall–Kier alpha value is -3.15. The van der Waals surface area contributed by atoms with Crippen LogP contribution in [0.1, 0.15) is 21.6 Å². The van der Waals surface area contributed by atoms with Gasteiger partial charge in [-0.1, -0.05) is 0 Å². The van der Waals surface area contributed by atoms with Crippen LogP contribution in [0.2, 0.25) is 0 Å². The number of rotatable bonds is 4. The van der Waals surface area contributed by atoms with Crippen LogP contribution in [0.4, 0.5) is 13.2 Å². The summed E-state index contributed by atoms with van der Waals surface area (Å²) in [5.74, 6) is -2.16. The molecule has 0 spiro atoms. The van der Waals surface area contributed by atoms with Gasteiger partial charge in [-0.15, -0.1) is 0 Å². The van der Waals surface area contributed by atoms with Crippen LogP contribution in [-0.4, -0.2) is 15.6 Å². The summed E-state index contributed by atoms with van der Waals surface area (Å²) in [6.45, 7) is 1.70. The molecular formula is C19H13F3N2O. The highest BCUT2D eigenvalue weighted by Gasteiger charge is 2.13. The summed E-state index contributed by atoms with van der Waals surface area (Å²) in [5, 5.41) is 4.14. The molecule has 1 aromatic heterocycles. The lowest BCUT2D eigenvalue weighted by molar-refractivity contribution is 0.104. The van der Waals surface area contributed by atoms with E-state index >= 15 is 0 Å². The van der Waals surface area contributed by atoms with Crippen LogP contribution < -0.4 is 0 Å². The average Bonchev–Trinajstić information content (AvgIpc) is 2.96. The van der Waals surface area contributed by atoms with E-state index in [4.69, 9.17) is 0 Å². The molecule has 3 nitrogen and oxygen atoms in total. The van der Waals surface area contributed by atoms with E-state index in [0.717, 1.165) is 12.1 Å². The van der Waals surface area contributed by atoms with Gasteiger partial charge < -0.3 is 0 Å². The normalized spacial score (nSPS) is 11.2. The number of aromatic nitrogens is 2. The van der Waals surface area contributed by atoms with Crippen molar-refractivity contribution in [3.05, 3.63) is 89.0 Å². The molecule has 0 saturated carbocycles. The summed E-state index contributed by atoms with van der Waals surface area (Å²) in [6.07, 6.45) is 3.88. The zero-order valence-corrected chi connectivity index (χ0v) is 13.2. The lowest BCUT2D eigenvalue weighted by Crippen LogP contribution is -2.01. The summed E-state index contributed by atoms with van der Waals surface area (Å²) >= 11 is 0. The van der Waals surface area contributed by atoms with Crippen LogP contribution in [0, 0.1) is 24.4 Å². The fourth-order valence-corrected chi connectivity index (χ4v) is 2.39. The second-order valence-electron chi connectivity index (χ2n) is 5.40. The summed E-state index contributed by atoms with van der Waals surface area (Å²) in [5.41, 5.74) is 1.63. The molecule has 126 valence electrons. The zero-order valence-electron chi connectivity index (χ0n) is 13.2. The molecule has 0 radical (unpaired) electrons.